The number of carbonyl (C=O) groups is 1. The minimum absolute atomic E-state index is 0.282. The van der Waals surface area contributed by atoms with Gasteiger partial charge in [-0.05, 0) is 24.6 Å². The van der Waals surface area contributed by atoms with Crippen molar-refractivity contribution >= 4 is 5.91 Å². The molecule has 0 N–H and O–H groups in total. The summed E-state index contributed by atoms with van der Waals surface area (Å²) in [6.07, 6.45) is 3.24. The SMILES string of the molecule is Cc1c(C(=O)N=O)cccc1-c1ncccn1. The summed E-state index contributed by atoms with van der Waals surface area (Å²) in [5.74, 6) is -0.258. The van der Waals surface area contributed by atoms with Gasteiger partial charge in [0, 0.05) is 28.7 Å². The average Bonchev–Trinajstić information content (AvgIpc) is 2.39. The molecule has 0 saturated heterocycles. The first-order chi connectivity index (χ1) is 8.24. The lowest BCUT2D eigenvalue weighted by molar-refractivity contribution is 0.100. The van der Waals surface area contributed by atoms with Gasteiger partial charge in [0.25, 0.3) is 0 Å². The average molecular weight is 227 g/mol. The van der Waals surface area contributed by atoms with Crippen molar-refractivity contribution in [3.63, 3.8) is 0 Å². The van der Waals surface area contributed by atoms with Crippen LogP contribution in [-0.2, 0) is 0 Å². The first-order valence-corrected chi connectivity index (χ1v) is 4.98. The Hall–Kier alpha value is -2.43. The molecule has 0 aliphatic rings. The Morgan fingerprint density at radius 1 is 1.18 bits per heavy atom. The fourth-order valence-corrected chi connectivity index (χ4v) is 1.60. The van der Waals surface area contributed by atoms with Crippen molar-refractivity contribution in [3.05, 3.63) is 52.7 Å². The number of amides is 1. The third-order valence-electron chi connectivity index (χ3n) is 2.45. The number of hydrogen-bond acceptors (Lipinski definition) is 4. The maximum atomic E-state index is 11.3. The first kappa shape index (κ1) is 11.1. The summed E-state index contributed by atoms with van der Waals surface area (Å²) in [6.45, 7) is 1.74. The highest BCUT2D eigenvalue weighted by Crippen LogP contribution is 2.22. The van der Waals surface area contributed by atoms with Gasteiger partial charge >= 0.3 is 5.91 Å². The molecule has 0 saturated carbocycles. The van der Waals surface area contributed by atoms with Crippen molar-refractivity contribution in [3.8, 4) is 11.4 Å². The van der Waals surface area contributed by atoms with E-state index in [2.05, 4.69) is 15.1 Å². The molecule has 2 aromatic rings. The molecule has 1 aromatic carbocycles. The van der Waals surface area contributed by atoms with Gasteiger partial charge in [-0.1, -0.05) is 12.1 Å². The van der Waals surface area contributed by atoms with Crippen molar-refractivity contribution in [1.29, 1.82) is 0 Å². The molecule has 2 rings (SSSR count). The van der Waals surface area contributed by atoms with Gasteiger partial charge in [0.2, 0.25) is 0 Å². The van der Waals surface area contributed by atoms with Gasteiger partial charge in [-0.15, -0.1) is 4.91 Å². The van der Waals surface area contributed by atoms with Crippen LogP contribution in [0.1, 0.15) is 15.9 Å². The number of rotatable bonds is 2. The van der Waals surface area contributed by atoms with Crippen molar-refractivity contribution in [2.24, 2.45) is 5.18 Å². The Morgan fingerprint density at radius 3 is 2.53 bits per heavy atom. The highest BCUT2D eigenvalue weighted by molar-refractivity contribution is 5.97. The molecule has 17 heavy (non-hydrogen) atoms. The van der Waals surface area contributed by atoms with Crippen molar-refractivity contribution in [1.82, 2.24) is 9.97 Å². The lowest BCUT2D eigenvalue weighted by Gasteiger charge is -2.06. The highest BCUT2D eigenvalue weighted by atomic mass is 16.3. The Bertz CT molecular complexity index is 567. The molecule has 0 aliphatic carbocycles. The van der Waals surface area contributed by atoms with Crippen LogP contribution in [0.15, 0.2) is 41.8 Å². The standard InChI is InChI=1S/C12H9N3O2/c1-8-9(11-13-6-3-7-14-11)4-2-5-10(8)12(16)15-17/h2-7H,1H3. The van der Waals surface area contributed by atoms with Crippen molar-refractivity contribution < 1.29 is 4.79 Å². The van der Waals surface area contributed by atoms with Gasteiger partial charge < -0.3 is 0 Å². The van der Waals surface area contributed by atoms with E-state index in [0.717, 1.165) is 5.56 Å². The van der Waals surface area contributed by atoms with E-state index in [1.807, 2.05) is 0 Å². The molecule has 0 unspecified atom stereocenters. The molecule has 0 radical (unpaired) electrons. The number of hydrogen-bond donors (Lipinski definition) is 0. The largest absolute Gasteiger partial charge is 0.317 e. The van der Waals surface area contributed by atoms with E-state index in [1.165, 1.54) is 0 Å². The van der Waals surface area contributed by atoms with Gasteiger partial charge in [0.1, 0.15) is 0 Å². The van der Waals surface area contributed by atoms with Crippen LogP contribution in [0, 0.1) is 11.8 Å². The predicted octanol–water partition coefficient (Wildman–Crippen LogP) is 2.36. The minimum Gasteiger partial charge on any atom is -0.263 e. The van der Waals surface area contributed by atoms with E-state index < -0.39 is 5.91 Å². The zero-order valence-electron chi connectivity index (χ0n) is 9.12. The second-order valence-electron chi connectivity index (χ2n) is 3.45. The van der Waals surface area contributed by atoms with Crippen LogP contribution in [0.5, 0.6) is 0 Å². The van der Waals surface area contributed by atoms with E-state index in [9.17, 15) is 9.70 Å². The quantitative estimate of drug-likeness (QED) is 0.738. The fourth-order valence-electron chi connectivity index (χ4n) is 1.60. The summed E-state index contributed by atoms with van der Waals surface area (Å²) < 4.78 is 0. The molecule has 0 fully saturated rings. The van der Waals surface area contributed by atoms with E-state index in [-0.39, 0.29) is 5.56 Å². The van der Waals surface area contributed by atoms with Gasteiger partial charge in [-0.2, -0.15) is 0 Å². The summed E-state index contributed by atoms with van der Waals surface area (Å²) in [7, 11) is 0. The first-order valence-electron chi connectivity index (χ1n) is 4.98. The maximum Gasteiger partial charge on any atom is 0.317 e. The van der Waals surface area contributed by atoms with Gasteiger partial charge in [0.15, 0.2) is 5.82 Å². The van der Waals surface area contributed by atoms with Gasteiger partial charge in [0.05, 0.1) is 0 Å². The van der Waals surface area contributed by atoms with Gasteiger partial charge in [-0.3, -0.25) is 4.79 Å². The number of carbonyl (C=O) groups excluding carboxylic acids is 1. The normalized spacial score (nSPS) is 9.94. The highest BCUT2D eigenvalue weighted by Gasteiger charge is 2.13. The van der Waals surface area contributed by atoms with E-state index in [4.69, 9.17) is 0 Å². The second-order valence-corrected chi connectivity index (χ2v) is 3.45. The number of aromatic nitrogens is 2. The van der Waals surface area contributed by atoms with Crippen LogP contribution in [0.25, 0.3) is 11.4 Å². The van der Waals surface area contributed by atoms with Crippen LogP contribution in [0.2, 0.25) is 0 Å². The number of nitrogens with zero attached hydrogens (tertiary/aromatic N) is 3. The van der Waals surface area contributed by atoms with Crippen LogP contribution in [-0.4, -0.2) is 15.9 Å². The lowest BCUT2D eigenvalue weighted by Crippen LogP contribution is -2.00. The van der Waals surface area contributed by atoms with Crippen molar-refractivity contribution in [2.75, 3.05) is 0 Å². The number of benzene rings is 1. The number of nitroso groups, excluding NO2 is 1. The molecule has 0 bridgehead atoms. The second kappa shape index (κ2) is 4.61. The molecule has 5 nitrogen and oxygen atoms in total. The van der Waals surface area contributed by atoms with Crippen molar-refractivity contribution in [2.45, 2.75) is 6.92 Å². The van der Waals surface area contributed by atoms with Crippen LogP contribution in [0.4, 0.5) is 0 Å². The summed E-state index contributed by atoms with van der Waals surface area (Å²) in [4.78, 5) is 29.8. The Kier molecular flexibility index (Phi) is 3.00. The Morgan fingerprint density at radius 2 is 1.88 bits per heavy atom. The molecule has 0 aliphatic heterocycles. The molecule has 84 valence electrons. The summed E-state index contributed by atoms with van der Waals surface area (Å²) in [5, 5.41) is 2.42. The monoisotopic (exact) mass is 227 g/mol. The summed E-state index contributed by atoms with van der Waals surface area (Å²) in [5.41, 5.74) is 1.66. The van der Waals surface area contributed by atoms with Crippen LogP contribution in [0.3, 0.4) is 0 Å². The van der Waals surface area contributed by atoms with E-state index >= 15 is 0 Å². The molecular formula is C12H9N3O2. The molecule has 5 heteroatoms. The molecular weight excluding hydrogens is 218 g/mol. The molecule has 0 spiro atoms. The third-order valence-corrected chi connectivity index (χ3v) is 2.45. The van der Waals surface area contributed by atoms with Gasteiger partial charge in [-0.25, -0.2) is 9.97 Å². The third kappa shape index (κ3) is 2.08. The van der Waals surface area contributed by atoms with Crippen LogP contribution >= 0.6 is 0 Å². The topological polar surface area (TPSA) is 72.3 Å². The predicted molar refractivity (Wildman–Crippen MR) is 62.3 cm³/mol. The molecule has 0 atom stereocenters. The fraction of sp³-hybridized carbons (Fsp3) is 0.0833. The lowest BCUT2D eigenvalue weighted by atomic mass is 10.0. The smallest absolute Gasteiger partial charge is 0.263 e. The molecule has 1 heterocycles. The van der Waals surface area contributed by atoms with E-state index in [1.54, 1.807) is 43.6 Å². The molecule has 1 aromatic heterocycles. The summed E-state index contributed by atoms with van der Waals surface area (Å²) >= 11 is 0. The molecule has 1 amide bonds. The summed E-state index contributed by atoms with van der Waals surface area (Å²) in [6, 6.07) is 6.75. The minimum atomic E-state index is -0.778. The van der Waals surface area contributed by atoms with E-state index in [0.29, 0.717) is 11.4 Å². The zero-order valence-corrected chi connectivity index (χ0v) is 9.12. The van der Waals surface area contributed by atoms with Crippen LogP contribution < -0.4 is 0 Å². The Balaban J connectivity index is 2.58. The zero-order chi connectivity index (χ0) is 12.3. The maximum absolute atomic E-state index is 11.3. The Labute approximate surface area is 97.5 Å².